The summed E-state index contributed by atoms with van der Waals surface area (Å²) in [6, 6.07) is 35.0. The second-order valence-corrected chi connectivity index (χ2v) is 14.5. The Hall–Kier alpha value is -5.15. The molecule has 0 atom stereocenters. The van der Waals surface area contributed by atoms with Crippen LogP contribution in [0.1, 0.15) is 32.9 Å². The van der Waals surface area contributed by atoms with E-state index in [-0.39, 0.29) is 11.3 Å². The Morgan fingerprint density at radius 3 is 1.98 bits per heavy atom. The maximum Gasteiger partial charge on any atom is 0.335 e. The highest BCUT2D eigenvalue weighted by Gasteiger charge is 2.13. The molecule has 10 heteroatoms. The number of carboxylic acid groups (broad SMARTS) is 1. The predicted octanol–water partition coefficient (Wildman–Crippen LogP) is 9.78. The third kappa shape index (κ3) is 8.86. The monoisotopic (exact) mass is 708 g/mol. The van der Waals surface area contributed by atoms with Gasteiger partial charge in [0.1, 0.15) is 17.3 Å². The Morgan fingerprint density at radius 2 is 1.39 bits per heavy atom. The maximum absolute atomic E-state index is 11.5. The maximum atomic E-state index is 11.5. The topological polar surface area (TPSA) is 98.5 Å². The van der Waals surface area contributed by atoms with Gasteiger partial charge in [0.2, 0.25) is 0 Å². The van der Waals surface area contributed by atoms with E-state index in [0.29, 0.717) is 45.2 Å². The van der Waals surface area contributed by atoms with Gasteiger partial charge in [-0.25, -0.2) is 18.2 Å². The van der Waals surface area contributed by atoms with Crippen LogP contribution in [0, 0.1) is 0 Å². The lowest BCUT2D eigenvalue weighted by Crippen LogP contribution is -2.02. The van der Waals surface area contributed by atoms with Crippen LogP contribution in [0.15, 0.2) is 121 Å². The molecule has 246 valence electrons. The Balaban J connectivity index is 1.17. The molecule has 0 radical (unpaired) electrons. The van der Waals surface area contributed by atoms with Gasteiger partial charge in [-0.2, -0.15) is 0 Å². The molecular weight excluding hydrogens is 679 g/mol. The van der Waals surface area contributed by atoms with Crippen LogP contribution in [0.25, 0.3) is 34.5 Å². The SMILES string of the molecule is CS(=O)(=O)Cc1ccc(Oc2ccc(-c3ccc(/C=C/c4nc(-c5ccc(Cl)cc5Cl)cn4Cc4ccc(C(=O)O)cc4)cc3)cc2)cc1. The number of ether oxygens (including phenoxy) is 1. The summed E-state index contributed by atoms with van der Waals surface area (Å²) in [5.74, 6) is 1.02. The number of hydrogen-bond donors (Lipinski definition) is 1. The van der Waals surface area contributed by atoms with Gasteiger partial charge >= 0.3 is 5.97 Å². The van der Waals surface area contributed by atoms with Crippen molar-refractivity contribution in [2.75, 3.05) is 6.26 Å². The van der Waals surface area contributed by atoms with Crippen molar-refractivity contribution in [3.63, 3.8) is 0 Å². The van der Waals surface area contributed by atoms with E-state index in [9.17, 15) is 18.3 Å². The van der Waals surface area contributed by atoms with Crippen LogP contribution in [-0.4, -0.2) is 35.3 Å². The van der Waals surface area contributed by atoms with Gasteiger partial charge in [-0.3, -0.25) is 0 Å². The first-order chi connectivity index (χ1) is 23.5. The second-order valence-electron chi connectivity index (χ2n) is 11.5. The molecule has 49 heavy (non-hydrogen) atoms. The van der Waals surface area contributed by atoms with Crippen LogP contribution in [0.5, 0.6) is 11.5 Å². The lowest BCUT2D eigenvalue weighted by Gasteiger charge is -2.08. The molecule has 6 rings (SSSR count). The van der Waals surface area contributed by atoms with Crippen molar-refractivity contribution in [1.82, 2.24) is 9.55 Å². The lowest BCUT2D eigenvalue weighted by molar-refractivity contribution is 0.0697. The first kappa shape index (κ1) is 33.7. The number of imidazole rings is 1. The average Bonchev–Trinajstić information content (AvgIpc) is 3.46. The van der Waals surface area contributed by atoms with Gasteiger partial charge in [0.15, 0.2) is 9.84 Å². The summed E-state index contributed by atoms with van der Waals surface area (Å²) in [5.41, 5.74) is 6.36. The van der Waals surface area contributed by atoms with Gasteiger partial charge in [-0.05, 0) is 88.5 Å². The molecule has 0 unspecified atom stereocenters. The summed E-state index contributed by atoms with van der Waals surface area (Å²) in [6.45, 7) is 0.477. The van der Waals surface area contributed by atoms with E-state index in [1.165, 1.54) is 6.26 Å². The fourth-order valence-electron chi connectivity index (χ4n) is 5.23. The zero-order valence-electron chi connectivity index (χ0n) is 26.3. The average molecular weight is 710 g/mol. The van der Waals surface area contributed by atoms with Crippen molar-refractivity contribution in [2.45, 2.75) is 12.3 Å². The van der Waals surface area contributed by atoms with Gasteiger partial charge in [0.25, 0.3) is 0 Å². The van der Waals surface area contributed by atoms with Crippen LogP contribution in [0.2, 0.25) is 10.0 Å². The molecule has 0 amide bonds. The first-order valence-corrected chi connectivity index (χ1v) is 18.0. The molecule has 0 aliphatic rings. The zero-order chi connectivity index (χ0) is 34.5. The van der Waals surface area contributed by atoms with Crippen molar-refractivity contribution in [3.05, 3.63) is 160 Å². The van der Waals surface area contributed by atoms with Crippen LogP contribution in [0.3, 0.4) is 0 Å². The molecule has 0 saturated carbocycles. The minimum atomic E-state index is -3.10. The molecule has 0 fully saturated rings. The highest BCUT2D eigenvalue weighted by atomic mass is 35.5. The molecular formula is C39H30Cl2N2O5S. The largest absolute Gasteiger partial charge is 0.478 e. The molecule has 0 aliphatic carbocycles. The van der Waals surface area contributed by atoms with E-state index < -0.39 is 15.8 Å². The number of sulfone groups is 1. The van der Waals surface area contributed by atoms with Gasteiger partial charge < -0.3 is 14.4 Å². The van der Waals surface area contributed by atoms with Crippen molar-refractivity contribution >= 4 is 51.2 Å². The number of aromatic nitrogens is 2. The van der Waals surface area contributed by atoms with Crippen molar-refractivity contribution in [1.29, 1.82) is 0 Å². The van der Waals surface area contributed by atoms with Gasteiger partial charge in [-0.15, -0.1) is 0 Å². The van der Waals surface area contributed by atoms with E-state index in [1.807, 2.05) is 77.5 Å². The Morgan fingerprint density at radius 1 is 0.796 bits per heavy atom. The van der Waals surface area contributed by atoms with E-state index >= 15 is 0 Å². The smallest absolute Gasteiger partial charge is 0.335 e. The molecule has 0 bridgehead atoms. The van der Waals surface area contributed by atoms with Crippen LogP contribution in [-0.2, 0) is 22.1 Å². The summed E-state index contributed by atoms with van der Waals surface area (Å²) in [7, 11) is -3.10. The summed E-state index contributed by atoms with van der Waals surface area (Å²) in [6.07, 6.45) is 7.06. The number of nitrogens with zero attached hydrogens (tertiary/aromatic N) is 2. The summed E-state index contributed by atoms with van der Waals surface area (Å²) in [5, 5.41) is 10.3. The second kappa shape index (κ2) is 14.5. The zero-order valence-corrected chi connectivity index (χ0v) is 28.6. The number of hydrogen-bond acceptors (Lipinski definition) is 5. The van der Waals surface area contributed by atoms with Crippen LogP contribution in [0.4, 0.5) is 0 Å². The number of carbonyl (C=O) groups is 1. The number of aromatic carboxylic acids is 1. The van der Waals surface area contributed by atoms with Gasteiger partial charge in [0, 0.05) is 29.6 Å². The Bertz CT molecular complexity index is 2250. The molecule has 1 N–H and O–H groups in total. The fourth-order valence-corrected chi connectivity index (χ4v) is 6.53. The van der Waals surface area contributed by atoms with Crippen LogP contribution >= 0.6 is 23.2 Å². The quantitative estimate of drug-likeness (QED) is 0.144. The number of halogens is 2. The Labute approximate surface area is 294 Å². The predicted molar refractivity (Wildman–Crippen MR) is 196 cm³/mol. The summed E-state index contributed by atoms with van der Waals surface area (Å²) >= 11 is 12.6. The van der Waals surface area contributed by atoms with Crippen molar-refractivity contribution < 1.29 is 23.1 Å². The molecule has 7 nitrogen and oxygen atoms in total. The van der Waals surface area contributed by atoms with Gasteiger partial charge in [0.05, 0.1) is 22.0 Å². The Kier molecular flexibility index (Phi) is 10.0. The summed E-state index contributed by atoms with van der Waals surface area (Å²) in [4.78, 5) is 16.2. The molecule has 6 aromatic rings. The molecule has 1 heterocycles. The number of carboxylic acids is 1. The molecule has 0 aliphatic heterocycles. The van der Waals surface area contributed by atoms with E-state index in [0.717, 1.165) is 27.8 Å². The van der Waals surface area contributed by atoms with Crippen molar-refractivity contribution in [3.8, 4) is 33.9 Å². The van der Waals surface area contributed by atoms with E-state index in [2.05, 4.69) is 0 Å². The van der Waals surface area contributed by atoms with Crippen molar-refractivity contribution in [2.24, 2.45) is 0 Å². The molecule has 0 saturated heterocycles. The van der Waals surface area contributed by atoms with E-state index in [4.69, 9.17) is 32.9 Å². The molecule has 5 aromatic carbocycles. The summed E-state index contributed by atoms with van der Waals surface area (Å²) < 4.78 is 31.0. The van der Waals surface area contributed by atoms with E-state index in [1.54, 1.807) is 60.7 Å². The highest BCUT2D eigenvalue weighted by Crippen LogP contribution is 2.31. The minimum absolute atomic E-state index is 0.00594. The third-order valence-electron chi connectivity index (χ3n) is 7.68. The number of rotatable bonds is 11. The lowest BCUT2D eigenvalue weighted by atomic mass is 10.0. The highest BCUT2D eigenvalue weighted by molar-refractivity contribution is 7.89. The third-order valence-corrected chi connectivity index (χ3v) is 9.08. The number of benzene rings is 5. The van der Waals surface area contributed by atoms with Crippen LogP contribution < -0.4 is 4.74 Å². The molecule has 0 spiro atoms. The van der Waals surface area contributed by atoms with Gasteiger partial charge in [-0.1, -0.05) is 89.9 Å². The normalized spacial score (nSPS) is 11.6. The molecule has 1 aromatic heterocycles. The fraction of sp³-hybridized carbons (Fsp3) is 0.0769. The standard InChI is InChI=1S/C39H30Cl2N2O5S/c1-49(46,47)25-28-6-16-33(17-7-28)48-34-18-13-30(14-19-34)29-9-2-26(3-10-29)8-21-38-42-37(35-20-15-32(40)22-36(35)41)24-43(38)23-27-4-11-31(12-5-27)39(44)45/h2-22,24H,23,25H2,1H3,(H,44,45)/b21-8+. The first-order valence-electron chi connectivity index (χ1n) is 15.2. The minimum Gasteiger partial charge on any atom is -0.478 e.